The van der Waals surface area contributed by atoms with Gasteiger partial charge in [0.2, 0.25) is 0 Å². The van der Waals surface area contributed by atoms with Crippen LogP contribution in [0, 0.1) is 0 Å². The van der Waals surface area contributed by atoms with Crippen LogP contribution >= 0.6 is 0 Å². The van der Waals surface area contributed by atoms with E-state index in [0.717, 1.165) is 32.7 Å². The lowest BCUT2D eigenvalue weighted by Gasteiger charge is -2.27. The van der Waals surface area contributed by atoms with E-state index in [0.29, 0.717) is 12.4 Å². The van der Waals surface area contributed by atoms with Crippen molar-refractivity contribution in [1.82, 2.24) is 15.2 Å². The Morgan fingerprint density at radius 2 is 2.28 bits per heavy atom. The van der Waals surface area contributed by atoms with Gasteiger partial charge in [-0.05, 0) is 12.1 Å². The Morgan fingerprint density at radius 1 is 1.50 bits per heavy atom. The molecule has 1 aromatic heterocycles. The molecule has 1 aromatic rings. The molecule has 0 bridgehead atoms. The summed E-state index contributed by atoms with van der Waals surface area (Å²) in [5.74, 6) is -0.507. The molecule has 1 fully saturated rings. The minimum Gasteiger partial charge on any atom is -0.478 e. The molecule has 1 aliphatic heterocycles. The maximum Gasteiger partial charge on any atom is 0.339 e. The van der Waals surface area contributed by atoms with Gasteiger partial charge in [0.1, 0.15) is 11.4 Å². The van der Waals surface area contributed by atoms with Gasteiger partial charge in [-0.3, -0.25) is 4.90 Å². The molecular weight excluding hydrogens is 232 g/mol. The quantitative estimate of drug-likeness (QED) is 0.688. The van der Waals surface area contributed by atoms with E-state index in [-0.39, 0.29) is 5.56 Å². The Kier molecular flexibility index (Phi) is 4.49. The van der Waals surface area contributed by atoms with E-state index in [9.17, 15) is 4.79 Å². The van der Waals surface area contributed by atoms with Crippen molar-refractivity contribution in [2.45, 2.75) is 0 Å². The summed E-state index contributed by atoms with van der Waals surface area (Å²) in [7, 11) is 0. The molecule has 0 aromatic carbocycles. The number of carboxylic acid groups (broad SMARTS) is 1. The fourth-order valence-electron chi connectivity index (χ4n) is 1.99. The summed E-state index contributed by atoms with van der Waals surface area (Å²) >= 11 is 0. The van der Waals surface area contributed by atoms with Crippen LogP contribution in [0.2, 0.25) is 0 Å². The van der Waals surface area contributed by atoms with Crippen LogP contribution in [0.25, 0.3) is 0 Å². The van der Waals surface area contributed by atoms with E-state index in [2.05, 4.69) is 20.5 Å². The number of hydrogen-bond acceptors (Lipinski definition) is 5. The molecule has 0 saturated carbocycles. The number of hydrogen-bond donors (Lipinski definition) is 3. The first-order valence-electron chi connectivity index (χ1n) is 6.12. The minimum absolute atomic E-state index is 0.220. The van der Waals surface area contributed by atoms with Crippen LogP contribution in [-0.4, -0.2) is 60.2 Å². The van der Waals surface area contributed by atoms with Crippen molar-refractivity contribution in [3.05, 3.63) is 23.9 Å². The molecule has 6 heteroatoms. The minimum atomic E-state index is -0.951. The fraction of sp³-hybridized carbons (Fsp3) is 0.500. The van der Waals surface area contributed by atoms with Gasteiger partial charge >= 0.3 is 5.97 Å². The maximum atomic E-state index is 11.0. The van der Waals surface area contributed by atoms with Crippen molar-refractivity contribution in [1.29, 1.82) is 0 Å². The number of carbonyl (C=O) groups is 1. The normalized spacial score (nSPS) is 16.4. The van der Waals surface area contributed by atoms with Gasteiger partial charge in [0.05, 0.1) is 0 Å². The van der Waals surface area contributed by atoms with Gasteiger partial charge in [0, 0.05) is 45.5 Å². The number of pyridine rings is 1. The van der Waals surface area contributed by atoms with E-state index >= 15 is 0 Å². The van der Waals surface area contributed by atoms with Crippen LogP contribution in [0.3, 0.4) is 0 Å². The Hall–Kier alpha value is -1.66. The van der Waals surface area contributed by atoms with Crippen LogP contribution in [-0.2, 0) is 0 Å². The average Bonchev–Trinajstić information content (AvgIpc) is 2.40. The number of piperazine rings is 1. The monoisotopic (exact) mass is 250 g/mol. The molecule has 2 heterocycles. The van der Waals surface area contributed by atoms with Crippen LogP contribution in [0.5, 0.6) is 0 Å². The summed E-state index contributed by atoms with van der Waals surface area (Å²) in [5, 5.41) is 15.4. The van der Waals surface area contributed by atoms with Crippen molar-refractivity contribution in [2.75, 3.05) is 44.6 Å². The topological polar surface area (TPSA) is 77.5 Å². The number of nitrogens with one attached hydrogen (secondary N) is 2. The molecular formula is C12H18N4O2. The smallest absolute Gasteiger partial charge is 0.339 e. The summed E-state index contributed by atoms with van der Waals surface area (Å²) < 4.78 is 0. The van der Waals surface area contributed by atoms with Crippen LogP contribution < -0.4 is 10.6 Å². The predicted octanol–water partition coefficient (Wildman–Crippen LogP) is 0.0969. The van der Waals surface area contributed by atoms with Crippen molar-refractivity contribution in [3.63, 3.8) is 0 Å². The molecule has 0 amide bonds. The molecule has 0 aliphatic carbocycles. The van der Waals surface area contributed by atoms with E-state index in [1.165, 1.54) is 0 Å². The average molecular weight is 250 g/mol. The van der Waals surface area contributed by atoms with Gasteiger partial charge in [-0.1, -0.05) is 0 Å². The van der Waals surface area contributed by atoms with Crippen molar-refractivity contribution in [2.24, 2.45) is 0 Å². The first kappa shape index (κ1) is 12.8. The molecule has 0 unspecified atom stereocenters. The molecule has 1 aliphatic rings. The highest BCUT2D eigenvalue weighted by atomic mass is 16.4. The highest BCUT2D eigenvalue weighted by Crippen LogP contribution is 2.10. The molecule has 18 heavy (non-hydrogen) atoms. The molecule has 2 rings (SSSR count). The Balaban J connectivity index is 1.84. The SMILES string of the molecule is O=C(O)c1cccnc1NCCN1CCNCC1. The first-order valence-corrected chi connectivity index (χ1v) is 6.12. The second kappa shape index (κ2) is 6.32. The van der Waals surface area contributed by atoms with E-state index < -0.39 is 5.97 Å². The molecule has 0 radical (unpaired) electrons. The molecule has 6 nitrogen and oxygen atoms in total. The molecule has 3 N–H and O–H groups in total. The maximum absolute atomic E-state index is 11.0. The lowest BCUT2D eigenvalue weighted by atomic mass is 10.2. The van der Waals surface area contributed by atoms with Crippen molar-refractivity contribution in [3.8, 4) is 0 Å². The van der Waals surface area contributed by atoms with Crippen LogP contribution in [0.15, 0.2) is 18.3 Å². The van der Waals surface area contributed by atoms with Crippen LogP contribution in [0.1, 0.15) is 10.4 Å². The summed E-state index contributed by atoms with van der Waals surface area (Å²) in [4.78, 5) is 17.4. The Morgan fingerprint density at radius 3 is 3.00 bits per heavy atom. The molecule has 98 valence electrons. The van der Waals surface area contributed by atoms with Crippen molar-refractivity contribution >= 4 is 11.8 Å². The molecule has 1 saturated heterocycles. The summed E-state index contributed by atoms with van der Waals surface area (Å²) in [6, 6.07) is 3.19. The number of aromatic nitrogens is 1. The number of rotatable bonds is 5. The predicted molar refractivity (Wildman–Crippen MR) is 69.0 cm³/mol. The van der Waals surface area contributed by atoms with Gasteiger partial charge in [-0.2, -0.15) is 0 Å². The zero-order chi connectivity index (χ0) is 12.8. The first-order chi connectivity index (χ1) is 8.77. The Labute approximate surface area is 106 Å². The van der Waals surface area contributed by atoms with E-state index in [4.69, 9.17) is 5.11 Å². The number of nitrogens with zero attached hydrogens (tertiary/aromatic N) is 2. The fourth-order valence-corrected chi connectivity index (χ4v) is 1.99. The third-order valence-corrected chi connectivity index (χ3v) is 2.97. The van der Waals surface area contributed by atoms with Crippen LogP contribution in [0.4, 0.5) is 5.82 Å². The van der Waals surface area contributed by atoms with Crippen molar-refractivity contribution < 1.29 is 9.90 Å². The zero-order valence-electron chi connectivity index (χ0n) is 10.2. The van der Waals surface area contributed by atoms with Gasteiger partial charge in [-0.25, -0.2) is 9.78 Å². The number of anilines is 1. The summed E-state index contributed by atoms with van der Waals surface area (Å²) in [6.45, 7) is 5.72. The standard InChI is InChI=1S/C12H18N4O2/c17-12(18)10-2-1-3-14-11(10)15-6-9-16-7-4-13-5-8-16/h1-3,13H,4-9H2,(H,14,15)(H,17,18). The number of carboxylic acids is 1. The van der Waals surface area contributed by atoms with E-state index in [1.807, 2.05) is 0 Å². The highest BCUT2D eigenvalue weighted by Gasteiger charge is 2.11. The zero-order valence-corrected chi connectivity index (χ0v) is 10.2. The second-order valence-corrected chi connectivity index (χ2v) is 4.22. The molecule has 0 spiro atoms. The highest BCUT2D eigenvalue weighted by molar-refractivity contribution is 5.92. The summed E-state index contributed by atoms with van der Waals surface area (Å²) in [6.07, 6.45) is 1.60. The summed E-state index contributed by atoms with van der Waals surface area (Å²) in [5.41, 5.74) is 0.220. The second-order valence-electron chi connectivity index (χ2n) is 4.22. The Bertz CT molecular complexity index is 405. The van der Waals surface area contributed by atoms with Gasteiger partial charge in [-0.15, -0.1) is 0 Å². The van der Waals surface area contributed by atoms with Gasteiger partial charge in [0.15, 0.2) is 0 Å². The van der Waals surface area contributed by atoms with Gasteiger partial charge < -0.3 is 15.7 Å². The number of aromatic carboxylic acids is 1. The van der Waals surface area contributed by atoms with Gasteiger partial charge in [0.25, 0.3) is 0 Å². The largest absolute Gasteiger partial charge is 0.478 e. The third-order valence-electron chi connectivity index (χ3n) is 2.97. The van der Waals surface area contributed by atoms with E-state index in [1.54, 1.807) is 18.3 Å². The molecule has 0 atom stereocenters. The third kappa shape index (κ3) is 3.41. The lowest BCUT2D eigenvalue weighted by Crippen LogP contribution is -2.45. The lowest BCUT2D eigenvalue weighted by molar-refractivity contribution is 0.0697.